The van der Waals surface area contributed by atoms with Crippen LogP contribution in [-0.4, -0.2) is 14.9 Å². The molecule has 3 nitrogen and oxygen atoms in total. The lowest BCUT2D eigenvalue weighted by Crippen LogP contribution is -2.12. The van der Waals surface area contributed by atoms with E-state index in [0.717, 1.165) is 18.2 Å². The Morgan fingerprint density at radius 2 is 2.17 bits per heavy atom. The predicted octanol–water partition coefficient (Wildman–Crippen LogP) is 2.86. The van der Waals surface area contributed by atoms with E-state index in [0.29, 0.717) is 10.7 Å². The van der Waals surface area contributed by atoms with E-state index in [9.17, 15) is 13.9 Å². The fraction of sp³-hybridized carbons (Fsp3) is 0.250. The molecule has 1 heterocycles. The lowest BCUT2D eigenvalue weighted by Gasteiger charge is -2.13. The zero-order valence-electron chi connectivity index (χ0n) is 9.57. The normalized spacial score (nSPS) is 12.7. The summed E-state index contributed by atoms with van der Waals surface area (Å²) >= 11 is 5.82. The largest absolute Gasteiger partial charge is 0.386 e. The van der Waals surface area contributed by atoms with Crippen molar-refractivity contribution in [1.82, 2.24) is 9.78 Å². The molecule has 0 radical (unpaired) electrons. The molecule has 18 heavy (non-hydrogen) atoms. The summed E-state index contributed by atoms with van der Waals surface area (Å²) in [5, 5.41) is 14.3. The van der Waals surface area contributed by atoms with Crippen LogP contribution in [0.2, 0.25) is 5.02 Å². The second-order valence-corrected chi connectivity index (χ2v) is 4.35. The average Bonchev–Trinajstić information content (AvgIpc) is 2.64. The van der Waals surface area contributed by atoms with Gasteiger partial charge in [0.25, 0.3) is 0 Å². The van der Waals surface area contributed by atoms with Crippen LogP contribution in [0.1, 0.15) is 17.4 Å². The summed E-state index contributed by atoms with van der Waals surface area (Å²) in [6.45, 7) is 1.74. The van der Waals surface area contributed by atoms with E-state index in [1.807, 2.05) is 0 Å². The fourth-order valence-corrected chi connectivity index (χ4v) is 1.78. The molecule has 2 rings (SSSR count). The van der Waals surface area contributed by atoms with Gasteiger partial charge in [-0.3, -0.25) is 4.68 Å². The SMILES string of the molecule is Cc1c(Cl)cnn1CC(O)c1cc(F)ccc1F. The molecule has 0 aliphatic carbocycles. The number of rotatable bonds is 3. The summed E-state index contributed by atoms with van der Waals surface area (Å²) in [5.74, 6) is -1.25. The van der Waals surface area contributed by atoms with Crippen molar-refractivity contribution in [2.24, 2.45) is 0 Å². The van der Waals surface area contributed by atoms with E-state index in [1.54, 1.807) is 6.92 Å². The molecule has 1 aromatic heterocycles. The van der Waals surface area contributed by atoms with Crippen molar-refractivity contribution in [3.05, 3.63) is 52.3 Å². The molecule has 0 saturated heterocycles. The lowest BCUT2D eigenvalue weighted by atomic mass is 10.1. The maximum Gasteiger partial charge on any atom is 0.129 e. The molecule has 1 atom stereocenters. The highest BCUT2D eigenvalue weighted by molar-refractivity contribution is 6.31. The Hall–Kier alpha value is -1.46. The van der Waals surface area contributed by atoms with Gasteiger partial charge >= 0.3 is 0 Å². The van der Waals surface area contributed by atoms with Crippen molar-refractivity contribution >= 4 is 11.6 Å². The summed E-state index contributed by atoms with van der Waals surface area (Å²) in [6, 6.07) is 2.96. The van der Waals surface area contributed by atoms with E-state index in [4.69, 9.17) is 11.6 Å². The zero-order valence-corrected chi connectivity index (χ0v) is 10.3. The van der Waals surface area contributed by atoms with Crippen molar-refractivity contribution in [3.63, 3.8) is 0 Å². The van der Waals surface area contributed by atoms with Crippen LogP contribution in [0, 0.1) is 18.6 Å². The first kappa shape index (κ1) is 13.0. The number of aromatic nitrogens is 2. The Labute approximate surface area is 108 Å². The quantitative estimate of drug-likeness (QED) is 0.933. The minimum absolute atomic E-state index is 0.0128. The van der Waals surface area contributed by atoms with Crippen molar-refractivity contribution < 1.29 is 13.9 Å². The number of aliphatic hydroxyl groups excluding tert-OH is 1. The number of benzene rings is 1. The second-order valence-electron chi connectivity index (χ2n) is 3.94. The van der Waals surface area contributed by atoms with Gasteiger partial charge in [-0.15, -0.1) is 0 Å². The molecule has 6 heteroatoms. The third-order valence-corrected chi connectivity index (χ3v) is 3.08. The Kier molecular flexibility index (Phi) is 3.63. The molecule has 0 fully saturated rings. The van der Waals surface area contributed by atoms with E-state index in [-0.39, 0.29) is 12.1 Å². The van der Waals surface area contributed by atoms with Gasteiger partial charge in [0.1, 0.15) is 17.7 Å². The molecule has 0 aliphatic rings. The van der Waals surface area contributed by atoms with E-state index in [1.165, 1.54) is 10.9 Å². The Balaban J connectivity index is 2.24. The Morgan fingerprint density at radius 1 is 1.44 bits per heavy atom. The zero-order chi connectivity index (χ0) is 13.3. The number of halogens is 3. The van der Waals surface area contributed by atoms with Crippen LogP contribution in [-0.2, 0) is 6.54 Å². The molecule has 2 aromatic rings. The lowest BCUT2D eigenvalue weighted by molar-refractivity contribution is 0.146. The van der Waals surface area contributed by atoms with E-state index in [2.05, 4.69) is 5.10 Å². The van der Waals surface area contributed by atoms with Crippen LogP contribution >= 0.6 is 11.6 Å². The minimum Gasteiger partial charge on any atom is -0.386 e. The average molecular weight is 273 g/mol. The van der Waals surface area contributed by atoms with Gasteiger partial charge in [0.2, 0.25) is 0 Å². The molecular formula is C12H11ClF2N2O. The second kappa shape index (κ2) is 5.04. The number of aliphatic hydroxyl groups is 1. The summed E-state index contributed by atoms with van der Waals surface area (Å²) in [4.78, 5) is 0. The highest BCUT2D eigenvalue weighted by atomic mass is 35.5. The summed E-state index contributed by atoms with van der Waals surface area (Å²) in [6.07, 6.45) is 0.251. The molecule has 0 bridgehead atoms. The highest BCUT2D eigenvalue weighted by Gasteiger charge is 2.16. The molecule has 0 aliphatic heterocycles. The van der Waals surface area contributed by atoms with E-state index < -0.39 is 17.7 Å². The fourth-order valence-electron chi connectivity index (χ4n) is 1.64. The van der Waals surface area contributed by atoms with Gasteiger partial charge < -0.3 is 5.11 Å². The predicted molar refractivity (Wildman–Crippen MR) is 63.3 cm³/mol. The van der Waals surface area contributed by atoms with Gasteiger partial charge in [-0.25, -0.2) is 8.78 Å². The van der Waals surface area contributed by atoms with Crippen LogP contribution in [0.4, 0.5) is 8.78 Å². The third kappa shape index (κ3) is 2.52. The van der Waals surface area contributed by atoms with Crippen molar-refractivity contribution in [2.45, 2.75) is 19.6 Å². The maximum absolute atomic E-state index is 13.4. The number of hydrogen-bond donors (Lipinski definition) is 1. The molecule has 0 amide bonds. The van der Waals surface area contributed by atoms with Crippen molar-refractivity contribution in [3.8, 4) is 0 Å². The van der Waals surface area contributed by atoms with Crippen LogP contribution in [0.3, 0.4) is 0 Å². The first-order chi connectivity index (χ1) is 8.49. The molecule has 0 saturated carbocycles. The van der Waals surface area contributed by atoms with Gasteiger partial charge in [-0.2, -0.15) is 5.10 Å². The van der Waals surface area contributed by atoms with Gasteiger partial charge in [-0.1, -0.05) is 11.6 Å². The van der Waals surface area contributed by atoms with Crippen molar-refractivity contribution in [2.75, 3.05) is 0 Å². The molecule has 0 spiro atoms. The number of nitrogens with zero attached hydrogens (tertiary/aromatic N) is 2. The van der Waals surface area contributed by atoms with E-state index >= 15 is 0 Å². The summed E-state index contributed by atoms with van der Waals surface area (Å²) in [5.41, 5.74) is 0.563. The third-order valence-electron chi connectivity index (χ3n) is 2.71. The van der Waals surface area contributed by atoms with Crippen LogP contribution < -0.4 is 0 Å². The standard InChI is InChI=1S/C12H11ClF2N2O/c1-7-10(13)5-16-17(7)6-12(18)9-4-8(14)2-3-11(9)15/h2-5,12,18H,6H2,1H3. The molecule has 1 unspecified atom stereocenters. The Morgan fingerprint density at radius 3 is 2.78 bits per heavy atom. The van der Waals surface area contributed by atoms with Gasteiger partial charge in [0, 0.05) is 5.56 Å². The molecule has 96 valence electrons. The highest BCUT2D eigenvalue weighted by Crippen LogP contribution is 2.22. The topological polar surface area (TPSA) is 38.0 Å². The number of hydrogen-bond acceptors (Lipinski definition) is 2. The summed E-state index contributed by atoms with van der Waals surface area (Å²) in [7, 11) is 0. The summed E-state index contributed by atoms with van der Waals surface area (Å²) < 4.78 is 27.9. The first-order valence-corrected chi connectivity index (χ1v) is 5.67. The molecule has 1 N–H and O–H groups in total. The van der Waals surface area contributed by atoms with Gasteiger partial charge in [0.15, 0.2) is 0 Å². The van der Waals surface area contributed by atoms with Crippen molar-refractivity contribution in [1.29, 1.82) is 0 Å². The monoisotopic (exact) mass is 272 g/mol. The molecule has 1 aromatic carbocycles. The smallest absolute Gasteiger partial charge is 0.129 e. The molecular weight excluding hydrogens is 262 g/mol. The van der Waals surface area contributed by atoms with Gasteiger partial charge in [-0.05, 0) is 25.1 Å². The van der Waals surface area contributed by atoms with Gasteiger partial charge in [0.05, 0.1) is 23.5 Å². The maximum atomic E-state index is 13.4. The van der Waals surface area contributed by atoms with Crippen LogP contribution in [0.5, 0.6) is 0 Å². The van der Waals surface area contributed by atoms with Crippen LogP contribution in [0.25, 0.3) is 0 Å². The van der Waals surface area contributed by atoms with Crippen LogP contribution in [0.15, 0.2) is 24.4 Å². The Bertz CT molecular complexity index is 571. The minimum atomic E-state index is -1.18. The first-order valence-electron chi connectivity index (χ1n) is 5.30.